The van der Waals surface area contributed by atoms with Crippen LogP contribution < -0.4 is 5.73 Å². The molecule has 0 aliphatic heterocycles. The number of aromatic nitrogens is 1. The molecule has 0 saturated heterocycles. The Bertz CT molecular complexity index is 468. The van der Waals surface area contributed by atoms with Gasteiger partial charge in [0.2, 0.25) is 0 Å². The van der Waals surface area contributed by atoms with Crippen molar-refractivity contribution < 1.29 is 0 Å². The summed E-state index contributed by atoms with van der Waals surface area (Å²) < 4.78 is 0. The van der Waals surface area contributed by atoms with Crippen LogP contribution in [0.25, 0.3) is 0 Å². The minimum absolute atomic E-state index is 0.145. The first-order valence-corrected chi connectivity index (χ1v) is 7.07. The molecule has 2 aromatic rings. The zero-order chi connectivity index (χ0) is 12.8. The predicted octanol–water partition coefficient (Wildman–Crippen LogP) is 3.05. The fraction of sp³-hybridized carbons (Fsp3) is 0.267. The van der Waals surface area contributed by atoms with Crippen molar-refractivity contribution in [3.8, 4) is 0 Å². The van der Waals surface area contributed by atoms with Gasteiger partial charge in [-0.05, 0) is 31.2 Å². The molecule has 0 saturated carbocycles. The van der Waals surface area contributed by atoms with E-state index in [2.05, 4.69) is 36.2 Å². The third-order valence-corrected chi connectivity index (χ3v) is 3.88. The number of pyridine rings is 1. The highest BCUT2D eigenvalue weighted by Gasteiger charge is 2.05. The summed E-state index contributed by atoms with van der Waals surface area (Å²) in [6.45, 7) is 2.10. The molecule has 2 N–H and O–H groups in total. The molecular formula is C15H18N2S. The van der Waals surface area contributed by atoms with E-state index >= 15 is 0 Å². The van der Waals surface area contributed by atoms with Gasteiger partial charge in [0.05, 0.1) is 0 Å². The molecule has 1 unspecified atom stereocenters. The summed E-state index contributed by atoms with van der Waals surface area (Å²) in [6, 6.07) is 14.7. The summed E-state index contributed by atoms with van der Waals surface area (Å²) in [5.74, 6) is 0.916. The molecule has 1 heterocycles. The first-order chi connectivity index (χ1) is 8.74. The van der Waals surface area contributed by atoms with E-state index in [9.17, 15) is 0 Å². The molecule has 18 heavy (non-hydrogen) atoms. The van der Waals surface area contributed by atoms with Gasteiger partial charge in [-0.1, -0.05) is 23.8 Å². The first kappa shape index (κ1) is 13.1. The summed E-state index contributed by atoms with van der Waals surface area (Å²) in [6.07, 6.45) is 2.65. The van der Waals surface area contributed by atoms with Gasteiger partial charge in [0.15, 0.2) is 0 Å². The lowest BCUT2D eigenvalue weighted by molar-refractivity contribution is 0.732. The van der Waals surface area contributed by atoms with Crippen molar-refractivity contribution in [2.24, 2.45) is 5.73 Å². The smallest absolute Gasteiger partial charge is 0.0419 e. The molecule has 1 atom stereocenters. The average molecular weight is 258 g/mol. The Morgan fingerprint density at radius 1 is 1.17 bits per heavy atom. The van der Waals surface area contributed by atoms with Crippen molar-refractivity contribution in [3.05, 3.63) is 59.9 Å². The summed E-state index contributed by atoms with van der Waals surface area (Å²) in [4.78, 5) is 5.57. The molecule has 0 aliphatic carbocycles. The van der Waals surface area contributed by atoms with E-state index in [0.717, 1.165) is 17.9 Å². The van der Waals surface area contributed by atoms with Gasteiger partial charge < -0.3 is 5.73 Å². The van der Waals surface area contributed by atoms with Crippen LogP contribution in [0.1, 0.15) is 11.3 Å². The van der Waals surface area contributed by atoms with Crippen LogP contribution in [0.15, 0.2) is 53.6 Å². The summed E-state index contributed by atoms with van der Waals surface area (Å²) >= 11 is 1.80. The monoisotopic (exact) mass is 258 g/mol. The van der Waals surface area contributed by atoms with Crippen LogP contribution in [-0.2, 0) is 6.42 Å². The third-order valence-electron chi connectivity index (χ3n) is 2.68. The van der Waals surface area contributed by atoms with Gasteiger partial charge in [0.1, 0.15) is 0 Å². The van der Waals surface area contributed by atoms with Crippen LogP contribution >= 0.6 is 11.8 Å². The number of nitrogens with two attached hydrogens (primary N) is 1. The lowest BCUT2D eigenvalue weighted by Crippen LogP contribution is -2.25. The Labute approximate surface area is 113 Å². The van der Waals surface area contributed by atoms with Crippen LogP contribution in [0.5, 0.6) is 0 Å². The molecule has 0 aliphatic rings. The van der Waals surface area contributed by atoms with Gasteiger partial charge in [-0.2, -0.15) is 0 Å². The number of rotatable bonds is 5. The maximum Gasteiger partial charge on any atom is 0.0419 e. The normalized spacial score (nSPS) is 12.3. The summed E-state index contributed by atoms with van der Waals surface area (Å²) in [5.41, 5.74) is 8.48. The van der Waals surface area contributed by atoms with Crippen LogP contribution in [0.3, 0.4) is 0 Å². The lowest BCUT2D eigenvalue weighted by atomic mass is 10.2. The third kappa shape index (κ3) is 4.17. The largest absolute Gasteiger partial charge is 0.327 e. The molecular weight excluding hydrogens is 240 g/mol. The van der Waals surface area contributed by atoms with Crippen molar-refractivity contribution in [2.45, 2.75) is 24.3 Å². The van der Waals surface area contributed by atoms with Crippen molar-refractivity contribution in [2.75, 3.05) is 5.75 Å². The van der Waals surface area contributed by atoms with E-state index in [4.69, 9.17) is 5.73 Å². The Morgan fingerprint density at radius 2 is 1.94 bits per heavy atom. The van der Waals surface area contributed by atoms with E-state index in [-0.39, 0.29) is 6.04 Å². The van der Waals surface area contributed by atoms with Gasteiger partial charge in [0, 0.05) is 35.0 Å². The number of nitrogens with zero attached hydrogens (tertiary/aromatic N) is 1. The number of thioether (sulfide) groups is 1. The van der Waals surface area contributed by atoms with E-state index in [0.29, 0.717) is 0 Å². The molecule has 2 rings (SSSR count). The quantitative estimate of drug-likeness (QED) is 0.838. The van der Waals surface area contributed by atoms with E-state index in [1.807, 2.05) is 24.4 Å². The van der Waals surface area contributed by atoms with E-state index < -0.39 is 0 Å². The number of hydrogen-bond acceptors (Lipinski definition) is 3. The summed E-state index contributed by atoms with van der Waals surface area (Å²) in [7, 11) is 0. The fourth-order valence-electron chi connectivity index (χ4n) is 1.68. The fourth-order valence-corrected chi connectivity index (χ4v) is 2.54. The Balaban J connectivity index is 1.81. The second-order valence-electron chi connectivity index (χ2n) is 4.41. The van der Waals surface area contributed by atoms with Gasteiger partial charge in [-0.25, -0.2) is 0 Å². The number of hydrogen-bond donors (Lipinski definition) is 1. The summed E-state index contributed by atoms with van der Waals surface area (Å²) in [5, 5.41) is 0. The Hall–Kier alpha value is -1.32. The highest BCUT2D eigenvalue weighted by atomic mass is 32.2. The highest BCUT2D eigenvalue weighted by Crippen LogP contribution is 2.19. The maximum atomic E-state index is 6.12. The SMILES string of the molecule is Cc1ccc(SCC(N)Cc2ccccn2)cc1. The van der Waals surface area contributed by atoms with Gasteiger partial charge in [-0.3, -0.25) is 4.98 Å². The maximum absolute atomic E-state index is 6.12. The molecule has 2 nitrogen and oxygen atoms in total. The Kier molecular flexibility index (Phi) is 4.79. The number of aryl methyl sites for hydroxylation is 1. The molecule has 3 heteroatoms. The minimum atomic E-state index is 0.145. The zero-order valence-electron chi connectivity index (χ0n) is 10.5. The van der Waals surface area contributed by atoms with Crippen molar-refractivity contribution in [1.82, 2.24) is 4.98 Å². The van der Waals surface area contributed by atoms with Gasteiger partial charge >= 0.3 is 0 Å². The van der Waals surface area contributed by atoms with Crippen LogP contribution in [0.2, 0.25) is 0 Å². The topological polar surface area (TPSA) is 38.9 Å². The zero-order valence-corrected chi connectivity index (χ0v) is 11.4. The van der Waals surface area contributed by atoms with Crippen molar-refractivity contribution >= 4 is 11.8 Å². The van der Waals surface area contributed by atoms with Gasteiger partial charge in [-0.15, -0.1) is 11.8 Å². The van der Waals surface area contributed by atoms with Crippen LogP contribution in [0.4, 0.5) is 0 Å². The number of benzene rings is 1. The molecule has 94 valence electrons. The molecule has 1 aromatic carbocycles. The average Bonchev–Trinajstić information content (AvgIpc) is 2.39. The standard InChI is InChI=1S/C15H18N2S/c1-12-5-7-15(8-6-12)18-11-13(16)10-14-4-2-3-9-17-14/h2-9,13H,10-11,16H2,1H3. The first-order valence-electron chi connectivity index (χ1n) is 6.09. The molecule has 0 radical (unpaired) electrons. The molecule has 0 amide bonds. The minimum Gasteiger partial charge on any atom is -0.327 e. The lowest BCUT2D eigenvalue weighted by Gasteiger charge is -2.10. The van der Waals surface area contributed by atoms with E-state index in [1.54, 1.807) is 11.8 Å². The second kappa shape index (κ2) is 6.57. The van der Waals surface area contributed by atoms with Crippen LogP contribution in [0, 0.1) is 6.92 Å². The predicted molar refractivity (Wildman–Crippen MR) is 77.8 cm³/mol. The van der Waals surface area contributed by atoms with E-state index in [1.165, 1.54) is 10.5 Å². The van der Waals surface area contributed by atoms with Crippen molar-refractivity contribution in [3.63, 3.8) is 0 Å². The van der Waals surface area contributed by atoms with Crippen molar-refractivity contribution in [1.29, 1.82) is 0 Å². The van der Waals surface area contributed by atoms with Gasteiger partial charge in [0.25, 0.3) is 0 Å². The molecule has 0 spiro atoms. The molecule has 1 aromatic heterocycles. The molecule has 0 fully saturated rings. The molecule has 0 bridgehead atoms. The highest BCUT2D eigenvalue weighted by molar-refractivity contribution is 7.99. The second-order valence-corrected chi connectivity index (χ2v) is 5.50. The Morgan fingerprint density at radius 3 is 2.61 bits per heavy atom. The van der Waals surface area contributed by atoms with Crippen LogP contribution in [-0.4, -0.2) is 16.8 Å².